The number of carbonyl (C=O) groups is 3. The number of rotatable bonds is 4. The monoisotopic (exact) mass is 414 g/mol. The maximum Gasteiger partial charge on any atom is 0.302 e. The summed E-state index contributed by atoms with van der Waals surface area (Å²) < 4.78 is 11.1. The molecule has 0 aromatic carbocycles. The van der Waals surface area contributed by atoms with Gasteiger partial charge in [-0.25, -0.2) is 0 Å². The molecule has 5 heteroatoms. The van der Waals surface area contributed by atoms with E-state index in [1.807, 2.05) is 6.08 Å². The van der Waals surface area contributed by atoms with Gasteiger partial charge >= 0.3 is 5.97 Å². The molecule has 0 aliphatic heterocycles. The number of ketones is 2. The van der Waals surface area contributed by atoms with Crippen molar-refractivity contribution in [3.8, 4) is 0 Å². The summed E-state index contributed by atoms with van der Waals surface area (Å²) in [7, 11) is 1.61. The Morgan fingerprint density at radius 1 is 1.23 bits per heavy atom. The lowest BCUT2D eigenvalue weighted by molar-refractivity contribution is -0.157. The smallest absolute Gasteiger partial charge is 0.302 e. The van der Waals surface area contributed by atoms with Crippen LogP contribution in [0.4, 0.5) is 0 Å². The first-order chi connectivity index (χ1) is 14.1. The van der Waals surface area contributed by atoms with E-state index in [1.165, 1.54) is 12.5 Å². The number of carbonyl (C=O) groups excluding carboxylic acids is 3. The number of ether oxygens (including phenoxy) is 2. The average molecular weight is 415 g/mol. The molecule has 0 spiro atoms. The molecule has 30 heavy (non-hydrogen) atoms. The van der Waals surface area contributed by atoms with Crippen LogP contribution in [-0.2, 0) is 23.9 Å². The zero-order chi connectivity index (χ0) is 21.8. The van der Waals surface area contributed by atoms with Crippen LogP contribution in [0.1, 0.15) is 59.8 Å². The van der Waals surface area contributed by atoms with Crippen LogP contribution in [0.2, 0.25) is 0 Å². The first kappa shape index (κ1) is 21.5. The summed E-state index contributed by atoms with van der Waals surface area (Å²) in [5, 5.41) is 0. The number of methoxy groups -OCH3 is 1. The highest BCUT2D eigenvalue weighted by Crippen LogP contribution is 2.66. The molecule has 3 saturated carbocycles. The molecule has 4 aliphatic rings. The number of hydrogen-bond donors (Lipinski definition) is 0. The minimum atomic E-state index is -0.392. The normalized spacial score (nSPS) is 41.2. The maximum atomic E-state index is 13.2. The molecule has 3 fully saturated rings. The van der Waals surface area contributed by atoms with Crippen molar-refractivity contribution in [1.29, 1.82) is 0 Å². The summed E-state index contributed by atoms with van der Waals surface area (Å²) in [6, 6.07) is 0. The van der Waals surface area contributed by atoms with Gasteiger partial charge in [-0.2, -0.15) is 0 Å². The molecule has 0 aromatic rings. The summed E-state index contributed by atoms with van der Waals surface area (Å²) in [4.78, 5) is 37.2. The molecule has 4 aliphatic carbocycles. The Hall–Kier alpha value is -1.75. The van der Waals surface area contributed by atoms with Gasteiger partial charge in [-0.05, 0) is 62.5 Å². The van der Waals surface area contributed by atoms with E-state index in [0.29, 0.717) is 30.6 Å². The molecule has 5 nitrogen and oxygen atoms in total. The molecule has 0 saturated heterocycles. The van der Waals surface area contributed by atoms with Crippen LogP contribution < -0.4 is 0 Å². The van der Waals surface area contributed by atoms with E-state index >= 15 is 0 Å². The van der Waals surface area contributed by atoms with Crippen molar-refractivity contribution in [1.82, 2.24) is 0 Å². The van der Waals surface area contributed by atoms with Crippen LogP contribution in [-0.4, -0.2) is 37.4 Å². The van der Waals surface area contributed by atoms with Crippen LogP contribution in [0.15, 0.2) is 23.3 Å². The third kappa shape index (κ3) is 3.04. The van der Waals surface area contributed by atoms with E-state index in [0.717, 1.165) is 31.3 Å². The van der Waals surface area contributed by atoms with Crippen molar-refractivity contribution in [2.24, 2.45) is 34.5 Å². The third-order valence-corrected chi connectivity index (χ3v) is 8.98. The van der Waals surface area contributed by atoms with Crippen molar-refractivity contribution in [2.45, 2.75) is 65.9 Å². The van der Waals surface area contributed by atoms with Gasteiger partial charge in [-0.1, -0.05) is 25.0 Å². The first-order valence-electron chi connectivity index (χ1n) is 11.3. The molecule has 0 aromatic heterocycles. The van der Waals surface area contributed by atoms with Crippen LogP contribution in [0.3, 0.4) is 0 Å². The molecule has 0 amide bonds. The molecule has 0 unspecified atom stereocenters. The number of esters is 1. The Kier molecular flexibility index (Phi) is 5.32. The number of hydrogen-bond acceptors (Lipinski definition) is 5. The number of allylic oxidation sites excluding steroid dienone is 4. The largest absolute Gasteiger partial charge is 0.460 e. The lowest BCUT2D eigenvalue weighted by Crippen LogP contribution is -2.53. The van der Waals surface area contributed by atoms with Crippen LogP contribution in [0.25, 0.3) is 0 Å². The second-order valence-electron chi connectivity index (χ2n) is 10.3. The van der Waals surface area contributed by atoms with Crippen LogP contribution >= 0.6 is 0 Å². The predicted octanol–water partition coefficient (Wildman–Crippen LogP) is 4.06. The van der Waals surface area contributed by atoms with Gasteiger partial charge in [-0.3, -0.25) is 14.4 Å². The second kappa shape index (κ2) is 7.44. The summed E-state index contributed by atoms with van der Waals surface area (Å²) in [5.41, 5.74) is 1.92. The quantitative estimate of drug-likeness (QED) is 0.649. The van der Waals surface area contributed by atoms with Gasteiger partial charge in [0.25, 0.3) is 0 Å². The Labute approximate surface area is 179 Å². The standard InChI is InChI=1S/C25H34O5/c1-14-10-17(27)11-16-6-7-18-20(25(14,16)4)8-9-24(3)22(28)12-19(23(18)24)21(13-29-5)30-15(2)26/h10-11,18-21,23H,6-9,12-13H2,1-5H3/t18-,19+,20+,21+,23-,24-,25+/m1/s1. The maximum absolute atomic E-state index is 13.2. The fourth-order valence-electron chi connectivity index (χ4n) is 7.50. The number of Topliss-reactive ketones (excluding diaryl/α,β-unsaturated/α-hetero) is 1. The fraction of sp³-hybridized carbons (Fsp3) is 0.720. The van der Waals surface area contributed by atoms with Gasteiger partial charge in [-0.15, -0.1) is 0 Å². The molecule has 0 N–H and O–H groups in total. The molecular weight excluding hydrogens is 380 g/mol. The summed E-state index contributed by atoms with van der Waals surface area (Å²) in [6.45, 7) is 8.26. The van der Waals surface area contributed by atoms with Crippen molar-refractivity contribution in [3.63, 3.8) is 0 Å². The molecule has 7 atom stereocenters. The Balaban J connectivity index is 1.73. The molecular formula is C25H34O5. The first-order valence-corrected chi connectivity index (χ1v) is 11.3. The molecule has 0 bridgehead atoms. The van der Waals surface area contributed by atoms with Crippen molar-refractivity contribution >= 4 is 17.5 Å². The second-order valence-corrected chi connectivity index (χ2v) is 10.3. The van der Waals surface area contributed by atoms with Crippen molar-refractivity contribution in [3.05, 3.63) is 23.3 Å². The highest BCUT2D eigenvalue weighted by Gasteiger charge is 2.63. The Morgan fingerprint density at radius 3 is 2.63 bits per heavy atom. The van der Waals surface area contributed by atoms with E-state index in [4.69, 9.17) is 9.47 Å². The molecule has 0 radical (unpaired) electrons. The van der Waals surface area contributed by atoms with Gasteiger partial charge in [0.15, 0.2) is 5.78 Å². The highest BCUT2D eigenvalue weighted by molar-refractivity contribution is 6.02. The zero-order valence-electron chi connectivity index (χ0n) is 18.8. The summed E-state index contributed by atoms with van der Waals surface area (Å²) >= 11 is 0. The lowest BCUT2D eigenvalue weighted by Gasteiger charge is -2.58. The van der Waals surface area contributed by atoms with E-state index in [9.17, 15) is 14.4 Å². The molecule has 164 valence electrons. The average Bonchev–Trinajstić information content (AvgIpc) is 2.94. The fourth-order valence-corrected chi connectivity index (χ4v) is 7.50. The minimum Gasteiger partial charge on any atom is -0.460 e. The van der Waals surface area contributed by atoms with E-state index in [2.05, 4.69) is 20.8 Å². The van der Waals surface area contributed by atoms with Crippen LogP contribution in [0, 0.1) is 34.5 Å². The Morgan fingerprint density at radius 2 is 1.97 bits per heavy atom. The van der Waals surface area contributed by atoms with Gasteiger partial charge in [0, 0.05) is 37.2 Å². The van der Waals surface area contributed by atoms with Crippen LogP contribution in [0.5, 0.6) is 0 Å². The van der Waals surface area contributed by atoms with Crippen molar-refractivity contribution in [2.75, 3.05) is 13.7 Å². The van der Waals surface area contributed by atoms with Gasteiger partial charge in [0.2, 0.25) is 0 Å². The zero-order valence-corrected chi connectivity index (χ0v) is 18.8. The summed E-state index contributed by atoms with van der Waals surface area (Å²) in [6.07, 6.45) is 7.43. The Bertz CT molecular complexity index is 838. The van der Waals surface area contributed by atoms with Gasteiger partial charge in [0.1, 0.15) is 11.9 Å². The molecule has 0 heterocycles. The predicted molar refractivity (Wildman–Crippen MR) is 113 cm³/mol. The molecule has 4 rings (SSSR count). The highest BCUT2D eigenvalue weighted by atomic mass is 16.6. The minimum absolute atomic E-state index is 0.0113. The van der Waals surface area contributed by atoms with Gasteiger partial charge in [0.05, 0.1) is 6.61 Å². The summed E-state index contributed by atoms with van der Waals surface area (Å²) in [5.74, 6) is 1.01. The number of fused-ring (bicyclic) bond motifs is 5. The van der Waals surface area contributed by atoms with E-state index in [-0.39, 0.29) is 34.4 Å². The van der Waals surface area contributed by atoms with E-state index in [1.54, 1.807) is 13.2 Å². The van der Waals surface area contributed by atoms with Gasteiger partial charge < -0.3 is 9.47 Å². The van der Waals surface area contributed by atoms with Crippen molar-refractivity contribution < 1.29 is 23.9 Å². The SMILES string of the molecule is COC[C@H](OC(C)=O)[C@@H]1CC(=O)[C@@]2(C)CC[C@H]3[C@@H](CCC4=CC(=O)C=C(C)[C@@]43C)[C@H]12. The van der Waals surface area contributed by atoms with E-state index < -0.39 is 6.10 Å². The lowest BCUT2D eigenvalue weighted by atomic mass is 9.46. The third-order valence-electron chi connectivity index (χ3n) is 8.98. The topological polar surface area (TPSA) is 69.7 Å².